The van der Waals surface area contributed by atoms with E-state index >= 15 is 0 Å². The third-order valence-corrected chi connectivity index (χ3v) is 4.62. The van der Waals surface area contributed by atoms with E-state index in [1.165, 1.54) is 0 Å². The number of ether oxygens (including phenoxy) is 1. The maximum atomic E-state index is 12.4. The summed E-state index contributed by atoms with van der Waals surface area (Å²) in [6.45, 7) is 3.90. The van der Waals surface area contributed by atoms with Crippen molar-refractivity contribution in [3.05, 3.63) is 36.0 Å². The number of esters is 1. The number of para-hydroxylation sites is 1. The molecule has 2 heterocycles. The first-order valence-corrected chi connectivity index (χ1v) is 8.12. The zero-order valence-electron chi connectivity index (χ0n) is 13.5. The van der Waals surface area contributed by atoms with Crippen LogP contribution in [0.3, 0.4) is 0 Å². The number of H-pyrrole nitrogens is 1. The van der Waals surface area contributed by atoms with Gasteiger partial charge in [-0.3, -0.25) is 4.79 Å². The van der Waals surface area contributed by atoms with Gasteiger partial charge in [-0.05, 0) is 39.2 Å². The third kappa shape index (κ3) is 3.09. The second kappa shape index (κ2) is 6.44. The molecule has 1 saturated heterocycles. The highest BCUT2D eigenvalue weighted by atomic mass is 16.5. The lowest BCUT2D eigenvalue weighted by molar-refractivity contribution is -0.140. The molecular formula is C18H22N2O3. The Morgan fingerprint density at radius 1 is 1.22 bits per heavy atom. The summed E-state index contributed by atoms with van der Waals surface area (Å²) in [5.41, 5.74) is 1.34. The number of benzene rings is 1. The van der Waals surface area contributed by atoms with Crippen LogP contribution >= 0.6 is 0 Å². The Hall–Kier alpha value is -2.30. The van der Waals surface area contributed by atoms with Crippen LogP contribution in [0, 0.1) is 0 Å². The number of carbonyl (C=O) groups is 2. The quantitative estimate of drug-likeness (QED) is 0.885. The lowest BCUT2D eigenvalue weighted by atomic mass is 9.97. The molecule has 1 aliphatic heterocycles. The molecule has 1 N–H and O–H groups in total. The Kier molecular flexibility index (Phi) is 4.37. The van der Waals surface area contributed by atoms with Crippen molar-refractivity contribution in [3.8, 4) is 0 Å². The molecular weight excluding hydrogens is 292 g/mol. The predicted molar refractivity (Wildman–Crippen MR) is 88.2 cm³/mol. The molecule has 5 heteroatoms. The van der Waals surface area contributed by atoms with Crippen LogP contribution in [0.4, 0.5) is 0 Å². The Bertz CT molecular complexity index is 712. The van der Waals surface area contributed by atoms with Gasteiger partial charge in [0.05, 0.1) is 5.56 Å². The van der Waals surface area contributed by atoms with E-state index in [4.69, 9.17) is 4.74 Å². The van der Waals surface area contributed by atoms with Crippen molar-refractivity contribution in [1.29, 1.82) is 0 Å². The monoisotopic (exact) mass is 314 g/mol. The van der Waals surface area contributed by atoms with E-state index in [1.54, 1.807) is 6.20 Å². The van der Waals surface area contributed by atoms with E-state index in [9.17, 15) is 9.59 Å². The highest BCUT2D eigenvalue weighted by Crippen LogP contribution is 2.23. The summed E-state index contributed by atoms with van der Waals surface area (Å²) >= 11 is 0. The van der Waals surface area contributed by atoms with Gasteiger partial charge in [0.25, 0.3) is 5.91 Å². The van der Waals surface area contributed by atoms with E-state index < -0.39 is 5.97 Å². The van der Waals surface area contributed by atoms with Gasteiger partial charge < -0.3 is 14.6 Å². The largest absolute Gasteiger partial charge is 0.452 e. The highest BCUT2D eigenvalue weighted by Gasteiger charge is 2.29. The summed E-state index contributed by atoms with van der Waals surface area (Å²) in [5.74, 6) is -0.578. The number of hydrogen-bond acceptors (Lipinski definition) is 3. The molecule has 1 aromatic heterocycles. The van der Waals surface area contributed by atoms with Crippen LogP contribution in [0.5, 0.6) is 0 Å². The van der Waals surface area contributed by atoms with Crippen molar-refractivity contribution in [1.82, 2.24) is 9.88 Å². The maximum Gasteiger partial charge on any atom is 0.340 e. The van der Waals surface area contributed by atoms with Crippen molar-refractivity contribution in [3.63, 3.8) is 0 Å². The normalized spacial score (nSPS) is 21.4. The summed E-state index contributed by atoms with van der Waals surface area (Å²) in [6.07, 6.45) is 4.78. The van der Waals surface area contributed by atoms with E-state index in [2.05, 4.69) is 18.8 Å². The Labute approximate surface area is 135 Å². The molecule has 2 aromatic rings. The number of rotatable bonds is 3. The lowest BCUT2D eigenvalue weighted by Gasteiger charge is -2.38. The molecule has 1 aromatic carbocycles. The Morgan fingerprint density at radius 3 is 2.65 bits per heavy atom. The van der Waals surface area contributed by atoms with Gasteiger partial charge in [0, 0.05) is 29.2 Å². The minimum Gasteiger partial charge on any atom is -0.452 e. The number of likely N-dealkylation sites (tertiary alicyclic amines) is 1. The van der Waals surface area contributed by atoms with Gasteiger partial charge in [-0.15, -0.1) is 0 Å². The number of nitrogens with zero attached hydrogens (tertiary/aromatic N) is 1. The SMILES string of the molecule is C[C@@H]1CCC[C@H](C)N1C(=O)COC(=O)c1c[nH]c2ccccc12. The molecule has 0 spiro atoms. The molecule has 0 bridgehead atoms. The van der Waals surface area contributed by atoms with Gasteiger partial charge in [-0.1, -0.05) is 18.2 Å². The molecule has 122 valence electrons. The van der Waals surface area contributed by atoms with Gasteiger partial charge in [0.2, 0.25) is 0 Å². The average molecular weight is 314 g/mol. The minimum absolute atomic E-state index is 0.113. The zero-order valence-corrected chi connectivity index (χ0v) is 13.5. The van der Waals surface area contributed by atoms with Crippen molar-refractivity contribution < 1.29 is 14.3 Å². The van der Waals surface area contributed by atoms with E-state index in [1.807, 2.05) is 29.2 Å². The van der Waals surface area contributed by atoms with Gasteiger partial charge in [0.15, 0.2) is 6.61 Å². The van der Waals surface area contributed by atoms with Crippen LogP contribution < -0.4 is 0 Å². The maximum absolute atomic E-state index is 12.4. The molecule has 23 heavy (non-hydrogen) atoms. The van der Waals surface area contributed by atoms with E-state index in [-0.39, 0.29) is 24.6 Å². The van der Waals surface area contributed by atoms with E-state index in [0.717, 1.165) is 30.2 Å². The van der Waals surface area contributed by atoms with Crippen molar-refractivity contribution in [2.24, 2.45) is 0 Å². The number of nitrogens with one attached hydrogen (secondary N) is 1. The summed E-state index contributed by atoms with van der Waals surface area (Å²) in [5, 5.41) is 0.810. The fourth-order valence-electron chi connectivity index (χ4n) is 3.43. The summed E-state index contributed by atoms with van der Waals surface area (Å²) in [6, 6.07) is 7.94. The molecule has 0 saturated carbocycles. The molecule has 1 fully saturated rings. The van der Waals surface area contributed by atoms with Crippen LogP contribution in [0.2, 0.25) is 0 Å². The second-order valence-electron chi connectivity index (χ2n) is 6.25. The van der Waals surface area contributed by atoms with E-state index in [0.29, 0.717) is 5.56 Å². The van der Waals surface area contributed by atoms with Crippen LogP contribution in [-0.4, -0.2) is 40.5 Å². The Balaban J connectivity index is 1.65. The predicted octanol–water partition coefficient (Wildman–Crippen LogP) is 3.11. The Morgan fingerprint density at radius 2 is 1.91 bits per heavy atom. The number of hydrogen-bond donors (Lipinski definition) is 1. The minimum atomic E-state index is -0.465. The fraction of sp³-hybridized carbons (Fsp3) is 0.444. The first kappa shape index (κ1) is 15.6. The molecule has 3 rings (SSSR count). The number of fused-ring (bicyclic) bond motifs is 1. The number of aromatic nitrogens is 1. The van der Waals surface area contributed by atoms with Gasteiger partial charge in [-0.25, -0.2) is 4.79 Å². The summed E-state index contributed by atoms with van der Waals surface area (Å²) in [4.78, 5) is 29.5. The number of piperidine rings is 1. The molecule has 0 aliphatic carbocycles. The number of aromatic amines is 1. The van der Waals surface area contributed by atoms with Gasteiger partial charge in [0.1, 0.15) is 0 Å². The fourth-order valence-corrected chi connectivity index (χ4v) is 3.43. The number of amides is 1. The van der Waals surface area contributed by atoms with Crippen molar-refractivity contribution in [2.75, 3.05) is 6.61 Å². The summed E-state index contributed by atoms with van der Waals surface area (Å²) in [7, 11) is 0. The lowest BCUT2D eigenvalue weighted by Crippen LogP contribution is -2.49. The first-order chi connectivity index (χ1) is 11.1. The molecule has 0 radical (unpaired) electrons. The second-order valence-corrected chi connectivity index (χ2v) is 6.25. The highest BCUT2D eigenvalue weighted by molar-refractivity contribution is 6.04. The van der Waals surface area contributed by atoms with Gasteiger partial charge in [-0.2, -0.15) is 0 Å². The summed E-state index contributed by atoms with van der Waals surface area (Å²) < 4.78 is 5.26. The third-order valence-electron chi connectivity index (χ3n) is 4.62. The van der Waals surface area contributed by atoms with Crippen molar-refractivity contribution in [2.45, 2.75) is 45.2 Å². The molecule has 5 nitrogen and oxygen atoms in total. The zero-order chi connectivity index (χ0) is 16.4. The smallest absolute Gasteiger partial charge is 0.340 e. The van der Waals surface area contributed by atoms with Crippen molar-refractivity contribution >= 4 is 22.8 Å². The topological polar surface area (TPSA) is 62.4 Å². The average Bonchev–Trinajstić information content (AvgIpc) is 2.96. The standard InChI is InChI=1S/C18H22N2O3/c1-12-6-5-7-13(2)20(12)17(21)11-23-18(22)15-10-19-16-9-4-3-8-14(15)16/h3-4,8-10,12-13,19H,5-7,11H2,1-2H3/t12-,13+. The van der Waals surface area contributed by atoms with Gasteiger partial charge >= 0.3 is 5.97 Å². The van der Waals surface area contributed by atoms with Crippen LogP contribution in [-0.2, 0) is 9.53 Å². The van der Waals surface area contributed by atoms with Crippen LogP contribution in [0.1, 0.15) is 43.5 Å². The molecule has 1 aliphatic rings. The molecule has 0 unspecified atom stereocenters. The van der Waals surface area contributed by atoms with Crippen LogP contribution in [0.25, 0.3) is 10.9 Å². The number of carbonyl (C=O) groups excluding carboxylic acids is 2. The molecule has 1 amide bonds. The van der Waals surface area contributed by atoms with Crippen LogP contribution in [0.15, 0.2) is 30.5 Å². The first-order valence-electron chi connectivity index (χ1n) is 8.12. The molecule has 2 atom stereocenters.